The predicted molar refractivity (Wildman–Crippen MR) is 41.8 cm³/mol. The third-order valence-corrected chi connectivity index (χ3v) is 1.54. The molecule has 0 atom stereocenters. The molecule has 0 unspecified atom stereocenters. The van der Waals surface area contributed by atoms with E-state index in [1.54, 1.807) is 11.5 Å². The van der Waals surface area contributed by atoms with Crippen LogP contribution in [0.25, 0.3) is 0 Å². The van der Waals surface area contributed by atoms with E-state index >= 15 is 0 Å². The highest BCUT2D eigenvalue weighted by Crippen LogP contribution is 2.01. The summed E-state index contributed by atoms with van der Waals surface area (Å²) in [6.07, 6.45) is 4.84. The van der Waals surface area contributed by atoms with Crippen LogP contribution in [0.3, 0.4) is 0 Å². The molecule has 2 heterocycles. The topological polar surface area (TPSA) is 41.9 Å². The quantitative estimate of drug-likeness (QED) is 0.584. The molecule has 0 amide bonds. The number of rotatable bonds is 1. The second-order valence-corrected chi connectivity index (χ2v) is 2.38. The number of nitrogens with two attached hydrogens (primary N) is 1. The molecule has 0 aromatic carbocycles. The Hall–Kier alpha value is -1.55. The Bertz CT molecular complexity index is 340. The van der Waals surface area contributed by atoms with Crippen molar-refractivity contribution in [3.63, 3.8) is 0 Å². The average molecular weight is 164 g/mol. The molecule has 1 aliphatic rings. The highest BCUT2D eigenvalue weighted by Gasteiger charge is 2.07. The summed E-state index contributed by atoms with van der Waals surface area (Å²) in [6.45, 7) is 0. The minimum atomic E-state index is -0.328. The summed E-state index contributed by atoms with van der Waals surface area (Å²) in [4.78, 5) is 3.88. The van der Waals surface area contributed by atoms with E-state index in [1.807, 2.05) is 12.3 Å². The lowest BCUT2D eigenvalue weighted by Crippen LogP contribution is -2.69. The van der Waals surface area contributed by atoms with Crippen LogP contribution in [0, 0.1) is 5.82 Å². The molecule has 1 aliphatic heterocycles. The molecule has 0 fully saturated rings. The fourth-order valence-corrected chi connectivity index (χ4v) is 0.979. The van der Waals surface area contributed by atoms with E-state index in [2.05, 4.69) is 10.1 Å². The summed E-state index contributed by atoms with van der Waals surface area (Å²) >= 11 is 0. The van der Waals surface area contributed by atoms with Crippen molar-refractivity contribution in [2.75, 3.05) is 0 Å². The molecule has 12 heavy (non-hydrogen) atoms. The Morgan fingerprint density at radius 1 is 1.33 bits per heavy atom. The Kier molecular flexibility index (Phi) is 1.68. The monoisotopic (exact) mass is 164 g/mol. The van der Waals surface area contributed by atoms with Crippen LogP contribution in [-0.2, 0) is 0 Å². The summed E-state index contributed by atoms with van der Waals surface area (Å²) in [5, 5.41) is 4.03. The van der Waals surface area contributed by atoms with Crippen molar-refractivity contribution >= 4 is 5.71 Å². The van der Waals surface area contributed by atoms with E-state index in [0.717, 1.165) is 5.71 Å². The van der Waals surface area contributed by atoms with Gasteiger partial charge in [0.1, 0.15) is 17.7 Å². The van der Waals surface area contributed by atoms with Gasteiger partial charge >= 0.3 is 0 Å². The molecule has 2 rings (SSSR count). The molecule has 0 spiro atoms. The number of hydrogen-bond acceptors (Lipinski definition) is 2. The molecule has 0 radical (unpaired) electrons. The summed E-state index contributed by atoms with van der Waals surface area (Å²) in [5.41, 5.74) is 3.15. The van der Waals surface area contributed by atoms with Crippen LogP contribution < -0.4 is 5.43 Å². The fraction of sp³-hybridized carbons (Fsp3) is 0. The van der Waals surface area contributed by atoms with E-state index < -0.39 is 0 Å². The van der Waals surface area contributed by atoms with Crippen LogP contribution in [0.4, 0.5) is 4.39 Å². The van der Waals surface area contributed by atoms with Crippen LogP contribution in [0.15, 0.2) is 35.7 Å². The van der Waals surface area contributed by atoms with Gasteiger partial charge in [0.2, 0.25) is 0 Å². The van der Waals surface area contributed by atoms with Crippen molar-refractivity contribution in [2.24, 2.45) is 5.10 Å². The maximum atomic E-state index is 12.4. The number of hydrogen-bond donors (Lipinski definition) is 1. The van der Waals surface area contributed by atoms with Crippen LogP contribution in [0.1, 0.15) is 5.69 Å². The fourth-order valence-electron chi connectivity index (χ4n) is 0.979. The van der Waals surface area contributed by atoms with E-state index in [4.69, 9.17) is 0 Å². The van der Waals surface area contributed by atoms with Crippen LogP contribution in [0.5, 0.6) is 0 Å². The van der Waals surface area contributed by atoms with Crippen molar-refractivity contribution < 1.29 is 9.82 Å². The van der Waals surface area contributed by atoms with Gasteiger partial charge in [-0.05, 0) is 12.1 Å². The molecule has 1 aromatic heterocycles. The minimum Gasteiger partial charge on any atom is -0.251 e. The van der Waals surface area contributed by atoms with Gasteiger partial charge in [-0.25, -0.2) is 4.39 Å². The van der Waals surface area contributed by atoms with Gasteiger partial charge in [-0.15, -0.1) is 0 Å². The summed E-state index contributed by atoms with van der Waals surface area (Å²) in [5.74, 6) is -0.328. The number of halogens is 1. The molecule has 60 valence electrons. The zero-order valence-electron chi connectivity index (χ0n) is 6.24. The van der Waals surface area contributed by atoms with Crippen molar-refractivity contribution in [3.8, 4) is 0 Å². The molecule has 0 saturated carbocycles. The van der Waals surface area contributed by atoms with Crippen molar-refractivity contribution in [1.29, 1.82) is 0 Å². The molecule has 0 aliphatic carbocycles. The van der Waals surface area contributed by atoms with Crippen LogP contribution in [0.2, 0.25) is 0 Å². The van der Waals surface area contributed by atoms with Gasteiger partial charge in [0.05, 0.1) is 11.9 Å². The first kappa shape index (κ1) is 7.12. The first-order valence-corrected chi connectivity index (χ1v) is 3.56. The van der Waals surface area contributed by atoms with Crippen LogP contribution in [-0.4, -0.2) is 10.7 Å². The standard InChI is InChI=1S/C8H6FN3/c9-6-1-2-7(10-5-6)8-3-4-11-12-8/h1-5H,(H,11,12)/p+1. The predicted octanol–water partition coefficient (Wildman–Crippen LogP) is 0.0155. The third kappa shape index (κ3) is 1.24. The first-order chi connectivity index (χ1) is 5.86. The van der Waals surface area contributed by atoms with E-state index in [0.29, 0.717) is 5.69 Å². The summed E-state index contributed by atoms with van der Waals surface area (Å²) in [6, 6.07) is 2.98. The molecule has 0 bridgehead atoms. The Morgan fingerprint density at radius 2 is 2.25 bits per heavy atom. The zero-order valence-corrected chi connectivity index (χ0v) is 6.24. The Balaban J connectivity index is 2.35. The average Bonchev–Trinajstić information content (AvgIpc) is 2.58. The van der Waals surface area contributed by atoms with Crippen LogP contribution >= 0.6 is 0 Å². The van der Waals surface area contributed by atoms with Gasteiger partial charge < -0.3 is 0 Å². The zero-order chi connectivity index (χ0) is 8.39. The second kappa shape index (κ2) is 2.83. The van der Waals surface area contributed by atoms with E-state index in [-0.39, 0.29) is 5.82 Å². The summed E-state index contributed by atoms with van der Waals surface area (Å²) in [7, 11) is 0. The first-order valence-electron chi connectivity index (χ1n) is 3.56. The van der Waals surface area contributed by atoms with Gasteiger partial charge in [0, 0.05) is 6.08 Å². The molecule has 4 heteroatoms. The van der Waals surface area contributed by atoms with Gasteiger partial charge in [-0.3, -0.25) is 4.98 Å². The lowest BCUT2D eigenvalue weighted by atomic mass is 10.2. The van der Waals surface area contributed by atoms with Gasteiger partial charge in [-0.1, -0.05) is 5.10 Å². The molecule has 3 nitrogen and oxygen atoms in total. The third-order valence-electron chi connectivity index (χ3n) is 1.54. The maximum Gasteiger partial charge on any atom is 0.150 e. The molecular weight excluding hydrogens is 157 g/mol. The highest BCUT2D eigenvalue weighted by molar-refractivity contribution is 6.07. The Morgan fingerprint density at radius 3 is 2.83 bits per heavy atom. The molecule has 1 aromatic rings. The van der Waals surface area contributed by atoms with E-state index in [1.165, 1.54) is 12.3 Å². The minimum absolute atomic E-state index is 0.328. The van der Waals surface area contributed by atoms with Crippen molar-refractivity contribution in [1.82, 2.24) is 4.98 Å². The largest absolute Gasteiger partial charge is 0.251 e. The molecular formula is C8H7FN3+. The van der Waals surface area contributed by atoms with E-state index in [9.17, 15) is 4.39 Å². The highest BCUT2D eigenvalue weighted by atomic mass is 19.1. The summed E-state index contributed by atoms with van der Waals surface area (Å²) < 4.78 is 12.4. The smallest absolute Gasteiger partial charge is 0.150 e. The normalized spacial score (nSPS) is 14.9. The number of aromatic nitrogens is 1. The lowest BCUT2D eigenvalue weighted by Gasteiger charge is -1.93. The Labute approximate surface area is 68.6 Å². The van der Waals surface area contributed by atoms with Gasteiger partial charge in [0.25, 0.3) is 0 Å². The van der Waals surface area contributed by atoms with Crippen molar-refractivity contribution in [2.45, 2.75) is 0 Å². The SMILES string of the molecule is Fc1ccc(C2=N[NH2+]C=C2)nc1. The molecule has 0 saturated heterocycles. The van der Waals surface area contributed by atoms with Gasteiger partial charge in [0.15, 0.2) is 0 Å². The second-order valence-electron chi connectivity index (χ2n) is 2.38. The lowest BCUT2D eigenvalue weighted by molar-refractivity contribution is -0.590. The molecule has 2 N–H and O–H groups in total. The number of nitrogens with zero attached hydrogens (tertiary/aromatic N) is 2. The maximum absolute atomic E-state index is 12.4. The van der Waals surface area contributed by atoms with Crippen molar-refractivity contribution in [3.05, 3.63) is 42.1 Å². The number of quaternary nitrogens is 1. The number of allylic oxidation sites excluding steroid dienone is 1. The number of pyridine rings is 1. The van der Waals surface area contributed by atoms with Gasteiger partial charge in [-0.2, -0.15) is 5.43 Å².